The summed E-state index contributed by atoms with van der Waals surface area (Å²) in [6.45, 7) is 6.82. The number of rotatable bonds is 48. The number of allylic oxidation sites excluding steroid dienone is 13. The van der Waals surface area contributed by atoms with E-state index in [1.54, 1.807) is 0 Å². The maximum absolute atomic E-state index is 13.4. The third-order valence-electron chi connectivity index (χ3n) is 11.6. The van der Waals surface area contributed by atoms with Crippen LogP contribution in [0, 0.1) is 0 Å². The maximum Gasteiger partial charge on any atom is 0.472 e. The molecule has 392 valence electrons. The molecule has 68 heavy (non-hydrogen) atoms. The molecule has 0 saturated heterocycles. The lowest BCUT2D eigenvalue weighted by molar-refractivity contribution is -0.870. The molecule has 0 aromatic heterocycles. The third-order valence-corrected chi connectivity index (χ3v) is 12.6. The molecule has 0 aliphatic rings. The molecule has 0 fully saturated rings. The van der Waals surface area contributed by atoms with Crippen LogP contribution in [0.2, 0.25) is 0 Å². The smallest absolute Gasteiger partial charge is 0.456 e. The molecule has 0 aromatic carbocycles. The molecule has 0 aromatic rings. The van der Waals surface area contributed by atoms with Crippen molar-refractivity contribution in [1.29, 1.82) is 0 Å². The second-order valence-electron chi connectivity index (χ2n) is 19.4. The van der Waals surface area contributed by atoms with Gasteiger partial charge in [-0.15, -0.1) is 0 Å². The highest BCUT2D eigenvalue weighted by Gasteiger charge is 2.30. The molecule has 1 amide bonds. The van der Waals surface area contributed by atoms with Crippen molar-refractivity contribution in [2.45, 2.75) is 232 Å². The van der Waals surface area contributed by atoms with E-state index in [0.717, 1.165) is 77.0 Å². The van der Waals surface area contributed by atoms with Gasteiger partial charge in [-0.3, -0.25) is 18.6 Å². The van der Waals surface area contributed by atoms with E-state index in [0.29, 0.717) is 23.9 Å². The minimum Gasteiger partial charge on any atom is -0.456 e. The molecule has 0 saturated carbocycles. The van der Waals surface area contributed by atoms with Crippen molar-refractivity contribution in [2.75, 3.05) is 40.9 Å². The van der Waals surface area contributed by atoms with E-state index in [-0.39, 0.29) is 25.5 Å². The van der Waals surface area contributed by atoms with Gasteiger partial charge in [0.25, 0.3) is 0 Å². The quantitative estimate of drug-likeness (QED) is 0.0205. The molecule has 0 aliphatic carbocycles. The van der Waals surface area contributed by atoms with Crippen LogP contribution < -0.4 is 5.32 Å². The standard InChI is InChI=1S/C58H103N2O7P/c1-7-10-13-16-19-22-25-27-28-29-30-31-32-33-36-39-42-45-48-51-58(62)67-56(49-46-43-40-37-35-26-23-20-17-14-11-8-2)55(54-66-68(63,64)65-53-52-60(4,5)6)59-57(61)50-47-44-41-38-34-24-21-18-15-12-9-3/h10,13,19,22,27-28,30-31,33,36,42,45-46,49,55-56H,7-9,11-12,14-18,20-21,23-26,29,32,34-35,37-41,43-44,47-48,50-54H2,1-6H3,(H-,59,61,63,64)/p+1/b13-10-,22-19-,28-27-,31-30-,36-33-,45-42-,49-46+. The van der Waals surface area contributed by atoms with Gasteiger partial charge in [0.2, 0.25) is 5.91 Å². The number of carbonyl (C=O) groups excluding carboxylic acids is 2. The highest BCUT2D eigenvalue weighted by Crippen LogP contribution is 2.43. The molecular formula is C58H104N2O7P+. The fourth-order valence-corrected chi connectivity index (χ4v) is 8.11. The average Bonchev–Trinajstić information content (AvgIpc) is 3.29. The van der Waals surface area contributed by atoms with Gasteiger partial charge in [0.05, 0.1) is 33.8 Å². The molecule has 10 heteroatoms. The summed E-state index contributed by atoms with van der Waals surface area (Å²) in [6, 6.07) is -0.878. The first-order chi connectivity index (χ1) is 32.9. The number of amides is 1. The lowest BCUT2D eigenvalue weighted by Gasteiger charge is -2.27. The molecule has 0 bridgehead atoms. The Morgan fingerprint density at radius 2 is 0.956 bits per heavy atom. The van der Waals surface area contributed by atoms with E-state index < -0.39 is 25.9 Å². The van der Waals surface area contributed by atoms with Crippen molar-refractivity contribution >= 4 is 19.7 Å². The summed E-state index contributed by atoms with van der Waals surface area (Å²) in [6.07, 6.45) is 61.6. The first-order valence-corrected chi connectivity index (χ1v) is 28.9. The van der Waals surface area contributed by atoms with Gasteiger partial charge >= 0.3 is 13.8 Å². The van der Waals surface area contributed by atoms with Gasteiger partial charge in [-0.2, -0.15) is 0 Å². The number of carbonyl (C=O) groups is 2. The van der Waals surface area contributed by atoms with E-state index >= 15 is 0 Å². The predicted octanol–water partition coefficient (Wildman–Crippen LogP) is 16.3. The van der Waals surface area contributed by atoms with Gasteiger partial charge < -0.3 is 19.4 Å². The van der Waals surface area contributed by atoms with E-state index in [4.69, 9.17) is 13.8 Å². The largest absolute Gasteiger partial charge is 0.472 e. The Morgan fingerprint density at radius 3 is 1.41 bits per heavy atom. The number of ether oxygens (including phenoxy) is 1. The fourth-order valence-electron chi connectivity index (χ4n) is 7.38. The zero-order valence-corrected chi connectivity index (χ0v) is 45.5. The Balaban J connectivity index is 5.49. The summed E-state index contributed by atoms with van der Waals surface area (Å²) in [5, 5.41) is 3.02. The molecule has 9 nitrogen and oxygen atoms in total. The molecule has 0 heterocycles. The average molecular weight is 972 g/mol. The van der Waals surface area contributed by atoms with Crippen LogP contribution in [0.1, 0.15) is 220 Å². The molecule has 0 aliphatic heterocycles. The zero-order chi connectivity index (χ0) is 50.1. The van der Waals surface area contributed by atoms with Crippen LogP contribution in [0.5, 0.6) is 0 Å². The second-order valence-corrected chi connectivity index (χ2v) is 20.8. The van der Waals surface area contributed by atoms with Crippen molar-refractivity contribution in [3.05, 3.63) is 85.1 Å². The number of esters is 1. The Bertz CT molecular complexity index is 1440. The third kappa shape index (κ3) is 48.2. The van der Waals surface area contributed by atoms with Gasteiger partial charge in [0.15, 0.2) is 0 Å². The zero-order valence-electron chi connectivity index (χ0n) is 44.6. The lowest BCUT2D eigenvalue weighted by Crippen LogP contribution is -2.47. The maximum atomic E-state index is 13.4. The monoisotopic (exact) mass is 972 g/mol. The minimum absolute atomic E-state index is 0.0267. The van der Waals surface area contributed by atoms with Crippen LogP contribution in [-0.4, -0.2) is 74.3 Å². The number of phosphoric ester groups is 1. The summed E-state index contributed by atoms with van der Waals surface area (Å²) in [5.74, 6) is -0.607. The van der Waals surface area contributed by atoms with Crippen molar-refractivity contribution in [2.24, 2.45) is 0 Å². The van der Waals surface area contributed by atoms with Crippen molar-refractivity contribution in [3.8, 4) is 0 Å². The molecular weight excluding hydrogens is 868 g/mol. The summed E-state index contributed by atoms with van der Waals surface area (Å²) in [7, 11) is 1.45. The molecule has 0 radical (unpaired) electrons. The van der Waals surface area contributed by atoms with E-state index in [2.05, 4.69) is 92.9 Å². The Labute approximate surface area is 418 Å². The number of unbranched alkanes of at least 4 members (excludes halogenated alkanes) is 20. The van der Waals surface area contributed by atoms with Gasteiger partial charge in [0.1, 0.15) is 19.3 Å². The number of likely N-dealkylation sites (N-methyl/N-ethyl adjacent to an activating group) is 1. The van der Waals surface area contributed by atoms with E-state index in [1.807, 2.05) is 39.4 Å². The van der Waals surface area contributed by atoms with Crippen LogP contribution in [0.25, 0.3) is 0 Å². The first kappa shape index (κ1) is 65.2. The molecule has 3 unspecified atom stereocenters. The highest BCUT2D eigenvalue weighted by molar-refractivity contribution is 7.47. The van der Waals surface area contributed by atoms with Crippen molar-refractivity contribution in [3.63, 3.8) is 0 Å². The van der Waals surface area contributed by atoms with Gasteiger partial charge in [0, 0.05) is 12.8 Å². The Hall–Kier alpha value is -2.81. The van der Waals surface area contributed by atoms with Crippen molar-refractivity contribution in [1.82, 2.24) is 5.32 Å². The SMILES string of the molecule is CC/C=C\C/C=C\C/C=C\C/C=C\C/C=C\C/C=C\CCC(=O)OC(/C=C/CCCCCCCCCCCC)C(COP(=O)(O)OCC[N+](C)(C)C)NC(=O)CCCCCCCCCCCCC. The van der Waals surface area contributed by atoms with Crippen LogP contribution in [0.4, 0.5) is 0 Å². The number of phosphoric acid groups is 1. The Morgan fingerprint density at radius 1 is 0.529 bits per heavy atom. The van der Waals surface area contributed by atoms with Gasteiger partial charge in [-0.05, 0) is 70.3 Å². The molecule has 0 spiro atoms. The van der Waals surface area contributed by atoms with E-state index in [9.17, 15) is 19.0 Å². The van der Waals surface area contributed by atoms with Crippen LogP contribution in [-0.2, 0) is 27.9 Å². The first-order valence-electron chi connectivity index (χ1n) is 27.4. The number of nitrogens with zero attached hydrogens (tertiary/aromatic N) is 1. The number of quaternary nitrogens is 1. The normalized spacial score (nSPS) is 14.5. The van der Waals surface area contributed by atoms with Crippen LogP contribution in [0.3, 0.4) is 0 Å². The molecule has 3 atom stereocenters. The number of hydrogen-bond donors (Lipinski definition) is 2. The second kappa shape index (κ2) is 47.8. The molecule has 0 rings (SSSR count). The van der Waals surface area contributed by atoms with Crippen LogP contribution >= 0.6 is 7.82 Å². The van der Waals surface area contributed by atoms with Crippen molar-refractivity contribution < 1.29 is 37.3 Å². The number of hydrogen-bond acceptors (Lipinski definition) is 6. The summed E-state index contributed by atoms with van der Waals surface area (Å²) < 4.78 is 30.5. The predicted molar refractivity (Wildman–Crippen MR) is 291 cm³/mol. The number of nitrogens with one attached hydrogen (secondary N) is 1. The topological polar surface area (TPSA) is 111 Å². The highest BCUT2D eigenvalue weighted by atomic mass is 31.2. The lowest BCUT2D eigenvalue weighted by atomic mass is 10.0. The summed E-state index contributed by atoms with van der Waals surface area (Å²) in [5.41, 5.74) is 0. The Kier molecular flexibility index (Phi) is 45.9. The van der Waals surface area contributed by atoms with Gasteiger partial charge in [-0.25, -0.2) is 4.57 Å². The fraction of sp³-hybridized carbons (Fsp3) is 0.724. The van der Waals surface area contributed by atoms with E-state index in [1.165, 1.54) is 103 Å². The summed E-state index contributed by atoms with van der Waals surface area (Å²) >= 11 is 0. The van der Waals surface area contributed by atoms with Crippen LogP contribution in [0.15, 0.2) is 85.1 Å². The minimum atomic E-state index is -4.46. The molecule has 2 N–H and O–H groups in total. The van der Waals surface area contributed by atoms with Gasteiger partial charge in [-0.1, -0.05) is 222 Å². The summed E-state index contributed by atoms with van der Waals surface area (Å²) in [4.78, 5) is 37.4.